The van der Waals surface area contributed by atoms with E-state index < -0.39 is 5.06 Å². The van der Waals surface area contributed by atoms with Crippen LogP contribution in [0.2, 0.25) is 0 Å². The zero-order valence-electron chi connectivity index (χ0n) is 8.71. The summed E-state index contributed by atoms with van der Waals surface area (Å²) in [7, 11) is 1.63. The van der Waals surface area contributed by atoms with Gasteiger partial charge >= 0.3 is 0 Å². The second kappa shape index (κ2) is 5.06. The number of thioether (sulfide) groups is 1. The lowest BCUT2D eigenvalue weighted by atomic mass is 10.2. The number of hydrogen-bond acceptors (Lipinski definition) is 2. The summed E-state index contributed by atoms with van der Waals surface area (Å²) in [5, 5.41) is -0.574. The van der Waals surface area contributed by atoms with Gasteiger partial charge in [-0.2, -0.15) is 0 Å². The van der Waals surface area contributed by atoms with Gasteiger partial charge in [0, 0.05) is 17.8 Å². The van der Waals surface area contributed by atoms with Crippen LogP contribution in [0, 0.1) is 6.92 Å². The Morgan fingerprint density at radius 2 is 1.93 bits per heavy atom. The van der Waals surface area contributed by atoms with Crippen molar-refractivity contribution in [3.05, 3.63) is 29.8 Å². The first-order valence-corrected chi connectivity index (χ1v) is 5.83. The Hall–Kier alpha value is -0.180. The minimum atomic E-state index is -0.574. The summed E-state index contributed by atoms with van der Waals surface area (Å²) in [5.41, 5.74) is 1.27. The van der Waals surface area contributed by atoms with Crippen molar-refractivity contribution in [2.24, 2.45) is 0 Å². The molecule has 14 heavy (non-hydrogen) atoms. The second-order valence-electron chi connectivity index (χ2n) is 3.41. The molecule has 1 aromatic carbocycles. The number of aryl methyl sites for hydroxylation is 1. The molecule has 0 aromatic heterocycles. The summed E-state index contributed by atoms with van der Waals surface area (Å²) in [6.07, 6.45) is 0. The smallest absolute Gasteiger partial charge is 0.147 e. The molecule has 0 aliphatic carbocycles. The van der Waals surface area contributed by atoms with Gasteiger partial charge in [-0.25, -0.2) is 0 Å². The molecule has 0 saturated heterocycles. The molecule has 0 aliphatic rings. The Labute approximate surface area is 94.8 Å². The molecule has 1 atom stereocenters. The predicted octanol–water partition coefficient (Wildman–Crippen LogP) is 3.69. The molecule has 1 rings (SSSR count). The molecule has 0 N–H and O–H groups in total. The van der Waals surface area contributed by atoms with Crippen molar-refractivity contribution in [2.75, 3.05) is 12.9 Å². The van der Waals surface area contributed by atoms with Gasteiger partial charge in [0.05, 0.1) is 0 Å². The van der Waals surface area contributed by atoms with Crippen LogP contribution in [0.4, 0.5) is 0 Å². The normalized spacial score (nSPS) is 15.1. The minimum absolute atomic E-state index is 0.574. The number of halogens is 1. The summed E-state index contributed by atoms with van der Waals surface area (Å²) >= 11 is 7.76. The lowest BCUT2D eigenvalue weighted by Crippen LogP contribution is -2.21. The molecule has 3 heteroatoms. The van der Waals surface area contributed by atoms with Crippen LogP contribution < -0.4 is 0 Å². The lowest BCUT2D eigenvalue weighted by Gasteiger charge is -2.19. The van der Waals surface area contributed by atoms with E-state index in [9.17, 15) is 0 Å². The molecule has 0 heterocycles. The highest BCUT2D eigenvalue weighted by Crippen LogP contribution is 2.27. The average molecular weight is 231 g/mol. The Balaban J connectivity index is 2.50. The van der Waals surface area contributed by atoms with Crippen LogP contribution in [0.25, 0.3) is 0 Å². The van der Waals surface area contributed by atoms with Gasteiger partial charge in [0.25, 0.3) is 0 Å². The molecule has 1 unspecified atom stereocenters. The monoisotopic (exact) mass is 230 g/mol. The summed E-state index contributed by atoms with van der Waals surface area (Å²) in [6, 6.07) is 8.40. The third-order valence-electron chi connectivity index (χ3n) is 1.94. The predicted molar refractivity (Wildman–Crippen MR) is 63.2 cm³/mol. The van der Waals surface area contributed by atoms with E-state index in [0.29, 0.717) is 0 Å². The van der Waals surface area contributed by atoms with Gasteiger partial charge in [-0.1, -0.05) is 29.3 Å². The van der Waals surface area contributed by atoms with Crippen molar-refractivity contribution in [3.63, 3.8) is 0 Å². The quantitative estimate of drug-likeness (QED) is 0.577. The average Bonchev–Trinajstić information content (AvgIpc) is 2.17. The van der Waals surface area contributed by atoms with Crippen LogP contribution in [0.1, 0.15) is 12.5 Å². The fourth-order valence-corrected chi connectivity index (χ4v) is 1.94. The maximum absolute atomic E-state index is 6.06. The number of ether oxygens (including phenoxy) is 1. The molecule has 0 fully saturated rings. The third-order valence-corrected chi connectivity index (χ3v) is 3.69. The van der Waals surface area contributed by atoms with E-state index in [1.54, 1.807) is 18.9 Å². The molecule has 0 saturated carbocycles. The van der Waals surface area contributed by atoms with Crippen molar-refractivity contribution in [2.45, 2.75) is 23.8 Å². The first-order chi connectivity index (χ1) is 6.53. The zero-order valence-corrected chi connectivity index (χ0v) is 10.3. The van der Waals surface area contributed by atoms with Gasteiger partial charge in [0.1, 0.15) is 5.06 Å². The van der Waals surface area contributed by atoms with Gasteiger partial charge < -0.3 is 4.74 Å². The molecular weight excluding hydrogens is 216 g/mol. The summed E-state index contributed by atoms with van der Waals surface area (Å²) in [5.74, 6) is 0.744. The van der Waals surface area contributed by atoms with E-state index in [1.165, 1.54) is 10.5 Å². The molecule has 0 bridgehead atoms. The van der Waals surface area contributed by atoms with Gasteiger partial charge in [0.2, 0.25) is 0 Å². The van der Waals surface area contributed by atoms with Crippen molar-refractivity contribution in [3.8, 4) is 0 Å². The largest absolute Gasteiger partial charge is 0.362 e. The highest BCUT2D eigenvalue weighted by atomic mass is 35.5. The van der Waals surface area contributed by atoms with Crippen LogP contribution in [-0.2, 0) is 4.74 Å². The molecular formula is C11H15ClOS. The molecule has 0 radical (unpaired) electrons. The molecule has 0 aliphatic heterocycles. The van der Waals surface area contributed by atoms with E-state index >= 15 is 0 Å². The van der Waals surface area contributed by atoms with Gasteiger partial charge in [0.15, 0.2) is 0 Å². The first kappa shape index (κ1) is 11.9. The fraction of sp³-hybridized carbons (Fsp3) is 0.455. The summed E-state index contributed by atoms with van der Waals surface area (Å²) in [6.45, 7) is 3.95. The van der Waals surface area contributed by atoms with Crippen molar-refractivity contribution in [1.82, 2.24) is 0 Å². The number of methoxy groups -OCH3 is 1. The molecule has 0 amide bonds. The van der Waals surface area contributed by atoms with E-state index in [1.807, 2.05) is 6.92 Å². The van der Waals surface area contributed by atoms with E-state index in [4.69, 9.17) is 16.3 Å². The topological polar surface area (TPSA) is 9.23 Å². The minimum Gasteiger partial charge on any atom is -0.362 e. The lowest BCUT2D eigenvalue weighted by molar-refractivity contribution is 0.100. The summed E-state index contributed by atoms with van der Waals surface area (Å²) in [4.78, 5) is 1.22. The number of alkyl halides is 1. The first-order valence-electron chi connectivity index (χ1n) is 4.47. The Bertz CT molecular complexity index is 282. The number of rotatable bonds is 4. The van der Waals surface area contributed by atoms with E-state index in [0.717, 1.165) is 5.75 Å². The maximum atomic E-state index is 6.06. The standard InChI is InChI=1S/C11H15ClOS/c1-9-4-6-10(7-5-9)14-8-11(2,12)13-3/h4-7H,8H2,1-3H3. The maximum Gasteiger partial charge on any atom is 0.147 e. The van der Waals surface area contributed by atoms with E-state index in [2.05, 4.69) is 31.2 Å². The SMILES string of the molecule is COC(C)(Cl)CSc1ccc(C)cc1. The third kappa shape index (κ3) is 3.91. The Morgan fingerprint density at radius 3 is 2.43 bits per heavy atom. The number of hydrogen-bond donors (Lipinski definition) is 0. The van der Waals surface area contributed by atoms with Crippen LogP contribution in [0.15, 0.2) is 29.2 Å². The van der Waals surface area contributed by atoms with Crippen LogP contribution in [0.5, 0.6) is 0 Å². The molecule has 0 spiro atoms. The number of benzene rings is 1. The van der Waals surface area contributed by atoms with Gasteiger partial charge in [-0.15, -0.1) is 11.8 Å². The van der Waals surface area contributed by atoms with E-state index in [-0.39, 0.29) is 0 Å². The van der Waals surface area contributed by atoms with Crippen molar-refractivity contribution >= 4 is 23.4 Å². The molecule has 1 nitrogen and oxygen atoms in total. The highest BCUT2D eigenvalue weighted by Gasteiger charge is 2.19. The Morgan fingerprint density at radius 1 is 1.36 bits per heavy atom. The second-order valence-corrected chi connectivity index (χ2v) is 5.26. The summed E-state index contributed by atoms with van der Waals surface area (Å²) < 4.78 is 5.13. The Kier molecular flexibility index (Phi) is 4.30. The molecule has 1 aromatic rings. The van der Waals surface area contributed by atoms with Crippen LogP contribution in [0.3, 0.4) is 0 Å². The van der Waals surface area contributed by atoms with Crippen molar-refractivity contribution < 1.29 is 4.74 Å². The van der Waals surface area contributed by atoms with Crippen LogP contribution in [-0.4, -0.2) is 17.9 Å². The fourth-order valence-electron chi connectivity index (χ4n) is 0.906. The zero-order chi connectivity index (χ0) is 10.6. The van der Waals surface area contributed by atoms with Gasteiger partial charge in [-0.3, -0.25) is 0 Å². The van der Waals surface area contributed by atoms with Crippen molar-refractivity contribution in [1.29, 1.82) is 0 Å². The molecule has 78 valence electrons. The van der Waals surface area contributed by atoms with Crippen LogP contribution >= 0.6 is 23.4 Å². The van der Waals surface area contributed by atoms with Gasteiger partial charge in [-0.05, 0) is 26.0 Å². The highest BCUT2D eigenvalue weighted by molar-refractivity contribution is 7.99.